The third-order valence-corrected chi connectivity index (χ3v) is 4.16. The minimum absolute atomic E-state index is 0.0323. The number of amides is 2. The van der Waals surface area contributed by atoms with Crippen molar-refractivity contribution < 1.29 is 9.59 Å². The smallest absolute Gasteiger partial charge is 0.240 e. The Kier molecular flexibility index (Phi) is 3.70. The second-order valence-corrected chi connectivity index (χ2v) is 5.30. The van der Waals surface area contributed by atoms with Gasteiger partial charge in [-0.3, -0.25) is 14.9 Å². The molecule has 1 unspecified atom stereocenters. The minimum atomic E-state index is -0.235. The first-order valence-corrected chi connectivity index (χ1v) is 6.73. The van der Waals surface area contributed by atoms with Crippen LogP contribution in [0.25, 0.3) is 0 Å². The average molecular weight is 243 g/mol. The van der Waals surface area contributed by atoms with Crippen molar-refractivity contribution in [2.24, 2.45) is 11.7 Å². The van der Waals surface area contributed by atoms with E-state index in [1.54, 1.807) is 11.8 Å². The second-order valence-electron chi connectivity index (χ2n) is 4.27. The zero-order valence-electron chi connectivity index (χ0n) is 9.15. The number of carbonyl (C=O) groups is 2. The van der Waals surface area contributed by atoms with Crippen LogP contribution >= 0.6 is 11.8 Å². The van der Waals surface area contributed by atoms with Gasteiger partial charge in [0.2, 0.25) is 11.8 Å². The van der Waals surface area contributed by atoms with Crippen molar-refractivity contribution in [3.63, 3.8) is 0 Å². The van der Waals surface area contributed by atoms with Gasteiger partial charge in [0.15, 0.2) is 0 Å². The normalized spacial score (nSPS) is 27.0. The molecular weight excluding hydrogens is 226 g/mol. The topological polar surface area (TPSA) is 75.4 Å². The Morgan fingerprint density at radius 3 is 2.50 bits per heavy atom. The summed E-state index contributed by atoms with van der Waals surface area (Å²) in [5.74, 6) is 1.60. The predicted octanol–water partition coefficient (Wildman–Crippen LogP) is -0.627. The van der Waals surface area contributed by atoms with E-state index in [1.807, 2.05) is 4.90 Å². The van der Waals surface area contributed by atoms with E-state index in [9.17, 15) is 9.59 Å². The van der Waals surface area contributed by atoms with Crippen molar-refractivity contribution in [2.45, 2.75) is 18.9 Å². The van der Waals surface area contributed by atoms with E-state index in [4.69, 9.17) is 5.73 Å². The maximum Gasteiger partial charge on any atom is 0.240 e. The van der Waals surface area contributed by atoms with Gasteiger partial charge in [-0.2, -0.15) is 0 Å². The molecular formula is C10H17N3O2S. The Bertz CT molecular complexity index is 284. The van der Waals surface area contributed by atoms with E-state index in [0.29, 0.717) is 25.9 Å². The summed E-state index contributed by atoms with van der Waals surface area (Å²) >= 11 is 1.75. The molecule has 2 fully saturated rings. The average Bonchev–Trinajstić information content (AvgIpc) is 2.81. The Morgan fingerprint density at radius 1 is 1.31 bits per heavy atom. The highest BCUT2D eigenvalue weighted by molar-refractivity contribution is 7.99. The fourth-order valence-electron chi connectivity index (χ4n) is 2.16. The number of hydrogen-bond donors (Lipinski definition) is 2. The second kappa shape index (κ2) is 5.05. The summed E-state index contributed by atoms with van der Waals surface area (Å²) in [6.07, 6.45) is 1.42. The van der Waals surface area contributed by atoms with Gasteiger partial charge >= 0.3 is 0 Å². The van der Waals surface area contributed by atoms with Gasteiger partial charge in [-0.1, -0.05) is 0 Å². The molecule has 6 heteroatoms. The van der Waals surface area contributed by atoms with Crippen molar-refractivity contribution in [1.82, 2.24) is 10.2 Å². The summed E-state index contributed by atoms with van der Waals surface area (Å²) in [4.78, 5) is 24.9. The van der Waals surface area contributed by atoms with Gasteiger partial charge in [0, 0.05) is 30.6 Å². The number of hydrogen-bond acceptors (Lipinski definition) is 4. The summed E-state index contributed by atoms with van der Waals surface area (Å²) in [5.41, 5.74) is 5.25. The monoisotopic (exact) mass is 243 g/mol. The van der Waals surface area contributed by atoms with E-state index in [1.165, 1.54) is 0 Å². The van der Waals surface area contributed by atoms with Crippen LogP contribution in [0, 0.1) is 5.92 Å². The fourth-order valence-corrected chi connectivity index (χ4v) is 3.09. The zero-order chi connectivity index (χ0) is 11.5. The lowest BCUT2D eigenvalue weighted by atomic mass is 9.96. The first-order valence-electron chi connectivity index (χ1n) is 5.57. The molecule has 0 spiro atoms. The number of likely N-dealkylation sites (tertiary alicyclic amines) is 1. The minimum Gasteiger partial charge on any atom is -0.369 e. The standard InChI is InChI=1S/C10H17N3O2S/c11-9(14)7-1-3-13(4-2-7)10(15)8-5-16-6-12-8/h7-8,12H,1-6H2,(H2,11,14). The van der Waals surface area contributed by atoms with Crippen LogP contribution in [-0.4, -0.2) is 47.5 Å². The molecule has 2 amide bonds. The van der Waals surface area contributed by atoms with Crippen molar-refractivity contribution in [2.75, 3.05) is 24.7 Å². The van der Waals surface area contributed by atoms with Gasteiger partial charge in [-0.05, 0) is 12.8 Å². The van der Waals surface area contributed by atoms with Crippen LogP contribution < -0.4 is 11.1 Å². The molecule has 0 saturated carbocycles. The van der Waals surface area contributed by atoms with E-state index in [2.05, 4.69) is 5.32 Å². The molecule has 1 atom stereocenters. The van der Waals surface area contributed by atoms with E-state index < -0.39 is 0 Å². The van der Waals surface area contributed by atoms with Gasteiger partial charge < -0.3 is 10.6 Å². The molecule has 0 aromatic heterocycles. The molecule has 90 valence electrons. The van der Waals surface area contributed by atoms with Gasteiger partial charge in [-0.25, -0.2) is 0 Å². The molecule has 5 nitrogen and oxygen atoms in total. The number of carbonyl (C=O) groups excluding carboxylic acids is 2. The van der Waals surface area contributed by atoms with Gasteiger partial charge in [0.25, 0.3) is 0 Å². The van der Waals surface area contributed by atoms with Crippen molar-refractivity contribution in [1.29, 1.82) is 0 Å². The number of piperidine rings is 1. The molecule has 2 saturated heterocycles. The lowest BCUT2D eigenvalue weighted by Gasteiger charge is -2.32. The van der Waals surface area contributed by atoms with Crippen LogP contribution in [0.4, 0.5) is 0 Å². The highest BCUT2D eigenvalue weighted by Crippen LogP contribution is 2.19. The number of thioether (sulfide) groups is 1. The van der Waals surface area contributed by atoms with E-state index >= 15 is 0 Å². The molecule has 2 aliphatic rings. The molecule has 0 aromatic rings. The molecule has 2 aliphatic heterocycles. The maximum atomic E-state index is 12.0. The Hall–Kier alpha value is -0.750. The van der Waals surface area contributed by atoms with Gasteiger partial charge in [-0.15, -0.1) is 11.8 Å². The molecule has 2 rings (SSSR count). The zero-order valence-corrected chi connectivity index (χ0v) is 9.96. The van der Waals surface area contributed by atoms with Crippen molar-refractivity contribution >= 4 is 23.6 Å². The molecule has 0 aromatic carbocycles. The molecule has 0 radical (unpaired) electrons. The van der Waals surface area contributed by atoms with E-state index in [0.717, 1.165) is 11.6 Å². The quantitative estimate of drug-likeness (QED) is 0.677. The number of nitrogens with two attached hydrogens (primary N) is 1. The van der Waals surface area contributed by atoms with Crippen LogP contribution in [0.5, 0.6) is 0 Å². The summed E-state index contributed by atoms with van der Waals surface area (Å²) in [6.45, 7) is 1.32. The summed E-state index contributed by atoms with van der Waals surface area (Å²) in [6, 6.07) is -0.0323. The van der Waals surface area contributed by atoms with E-state index in [-0.39, 0.29) is 23.8 Å². The summed E-state index contributed by atoms with van der Waals surface area (Å²) in [7, 11) is 0. The first kappa shape index (κ1) is 11.7. The van der Waals surface area contributed by atoms with Crippen LogP contribution in [-0.2, 0) is 9.59 Å². The fraction of sp³-hybridized carbons (Fsp3) is 0.800. The number of rotatable bonds is 2. The van der Waals surface area contributed by atoms with Crippen LogP contribution in [0.1, 0.15) is 12.8 Å². The summed E-state index contributed by atoms with van der Waals surface area (Å²) in [5, 5.41) is 3.17. The largest absolute Gasteiger partial charge is 0.369 e. The van der Waals surface area contributed by atoms with Gasteiger partial charge in [0.1, 0.15) is 0 Å². The molecule has 2 heterocycles. The lowest BCUT2D eigenvalue weighted by Crippen LogP contribution is -2.49. The maximum absolute atomic E-state index is 12.0. The van der Waals surface area contributed by atoms with Crippen molar-refractivity contribution in [3.8, 4) is 0 Å². The first-order chi connectivity index (χ1) is 7.68. The number of nitrogens with zero attached hydrogens (tertiary/aromatic N) is 1. The highest BCUT2D eigenvalue weighted by Gasteiger charge is 2.31. The van der Waals surface area contributed by atoms with Crippen molar-refractivity contribution in [3.05, 3.63) is 0 Å². The Balaban J connectivity index is 1.84. The molecule has 3 N–H and O–H groups in total. The predicted molar refractivity (Wildman–Crippen MR) is 62.7 cm³/mol. The lowest BCUT2D eigenvalue weighted by molar-refractivity contribution is -0.136. The summed E-state index contributed by atoms with van der Waals surface area (Å²) < 4.78 is 0. The van der Waals surface area contributed by atoms with Gasteiger partial charge in [0.05, 0.1) is 6.04 Å². The number of nitrogens with one attached hydrogen (secondary N) is 1. The SMILES string of the molecule is NC(=O)C1CCN(C(=O)C2CSCN2)CC1. The van der Waals surface area contributed by atoms with Crippen LogP contribution in [0.15, 0.2) is 0 Å². The Morgan fingerprint density at radius 2 is 2.00 bits per heavy atom. The molecule has 0 bridgehead atoms. The Labute approximate surface area is 99.1 Å². The van der Waals surface area contributed by atoms with Crippen LogP contribution in [0.2, 0.25) is 0 Å². The van der Waals surface area contributed by atoms with Crippen LogP contribution in [0.3, 0.4) is 0 Å². The molecule has 16 heavy (non-hydrogen) atoms. The third-order valence-electron chi connectivity index (χ3n) is 3.22. The number of primary amides is 1. The molecule has 0 aliphatic carbocycles. The third kappa shape index (κ3) is 2.49. The highest BCUT2D eigenvalue weighted by atomic mass is 32.2.